The van der Waals surface area contributed by atoms with Crippen molar-refractivity contribution >= 4 is 31.7 Å². The Labute approximate surface area is 685 Å². The summed E-state index contributed by atoms with van der Waals surface area (Å²) in [5.74, 6) is -2.99. The fourth-order valence-electron chi connectivity index (χ4n) is 14.9. The Morgan fingerprint density at radius 2 is 0.658 bits per heavy atom. The van der Waals surface area contributed by atoms with Crippen molar-refractivity contribution in [1.82, 2.24) is 0 Å². The second kappa shape index (κ2) is 67.6. The number of hydrogen-bond donors (Lipinski definition) is 10. The quantitative estimate of drug-likeness (QED) is 0.00889. The van der Waals surface area contributed by atoms with Gasteiger partial charge in [-0.05, 0) is 77.0 Å². The standard InChI is InChI=1S/C88H161O25P/c1-5-9-13-17-21-25-29-33-34-35-39-41-44-48-52-56-60-71(90)104-65-68(107-73(92)62-58-54-50-46-42-37-31-27-23-19-15-11-7-3)66-106-114(102,103)113-86-84(111-87-81(100)77(96)75(94)69(64-89)108-87)80(99)79(98)83(110-74(93)63-59-55-51-47-43-38-32-28-24-20-16-12-8-4)85(86)112-88-82(101)78(97)76(95)70(109-88)67-105-72(91)61-57-53-49-45-40-36-30-26-22-18-14-10-6-2/h36,38,40,43,68-70,75-89,94-101H,5-35,37,39,41-42,44-67H2,1-4H3,(H,102,103)/b40-36-,43-38-. The van der Waals surface area contributed by atoms with Gasteiger partial charge in [-0.15, -0.1) is 0 Å². The number of carbonyl (C=O) groups excluding carboxylic acids is 4. The first kappa shape index (κ1) is 105. The van der Waals surface area contributed by atoms with Gasteiger partial charge in [-0.1, -0.05) is 302 Å². The van der Waals surface area contributed by atoms with Gasteiger partial charge < -0.3 is 88.7 Å². The van der Waals surface area contributed by atoms with Crippen molar-refractivity contribution in [2.24, 2.45) is 0 Å². The summed E-state index contributed by atoms with van der Waals surface area (Å²) in [4.78, 5) is 66.3. The fraction of sp³-hybridized carbons (Fsp3) is 0.909. The summed E-state index contributed by atoms with van der Waals surface area (Å²) in [5.41, 5.74) is 0. The summed E-state index contributed by atoms with van der Waals surface area (Å²) in [7, 11) is -5.81. The van der Waals surface area contributed by atoms with Gasteiger partial charge in [0.15, 0.2) is 24.8 Å². The van der Waals surface area contributed by atoms with Crippen LogP contribution in [0.5, 0.6) is 0 Å². The van der Waals surface area contributed by atoms with Gasteiger partial charge in [-0.2, -0.15) is 0 Å². The van der Waals surface area contributed by atoms with E-state index in [9.17, 15) is 74.6 Å². The molecule has 3 fully saturated rings. The highest BCUT2D eigenvalue weighted by molar-refractivity contribution is 7.47. The molecule has 0 bridgehead atoms. The Morgan fingerprint density at radius 1 is 0.342 bits per heavy atom. The number of hydrogen-bond acceptors (Lipinski definition) is 24. The zero-order chi connectivity index (χ0) is 83.2. The molecule has 26 heteroatoms. The van der Waals surface area contributed by atoms with E-state index < -0.39 is 162 Å². The van der Waals surface area contributed by atoms with Crippen LogP contribution in [0.4, 0.5) is 0 Å². The number of allylic oxidation sites excluding steroid dienone is 4. The molecule has 18 atom stereocenters. The smallest absolute Gasteiger partial charge is 0.463 e. The van der Waals surface area contributed by atoms with Crippen LogP contribution < -0.4 is 0 Å². The van der Waals surface area contributed by atoms with E-state index in [1.165, 1.54) is 167 Å². The second-order valence-corrected chi connectivity index (χ2v) is 33.9. The molecule has 0 aromatic carbocycles. The number of aliphatic hydroxyl groups is 9. The van der Waals surface area contributed by atoms with Crippen LogP contribution in [0, 0.1) is 0 Å². The molecule has 3 aliphatic rings. The van der Waals surface area contributed by atoms with E-state index in [0.717, 1.165) is 116 Å². The first-order valence-corrected chi connectivity index (χ1v) is 47.1. The molecule has 18 unspecified atom stereocenters. The number of rotatable bonds is 73. The number of carbonyl (C=O) groups is 4. The second-order valence-electron chi connectivity index (χ2n) is 32.5. The molecule has 0 radical (unpaired) electrons. The van der Waals surface area contributed by atoms with E-state index in [1.54, 1.807) is 0 Å². The SMILES string of the molecule is CCCCCCCC/C=C\CCCCCC(=O)OCC1OC(OC2C(OC(=O)CCCCC/C=C\CCCCCCCC)C(O)C(O)C(OC3OC(CO)C(O)C(O)C3O)C2OP(=O)(O)OCC(COC(=O)CCCCCCCCCCCCCCCCCC)OC(=O)CCCCCCCCCCCCCCC)C(O)C(O)C1O. The summed E-state index contributed by atoms with van der Waals surface area (Å²) in [6, 6.07) is 0. The molecular weight excluding hydrogens is 1490 g/mol. The summed E-state index contributed by atoms with van der Waals surface area (Å²) < 4.78 is 73.2. The highest BCUT2D eigenvalue weighted by Crippen LogP contribution is 2.49. The van der Waals surface area contributed by atoms with Gasteiger partial charge in [0.1, 0.15) is 92.6 Å². The molecule has 114 heavy (non-hydrogen) atoms. The van der Waals surface area contributed by atoms with Crippen LogP contribution in [0.3, 0.4) is 0 Å². The van der Waals surface area contributed by atoms with E-state index in [0.29, 0.717) is 38.5 Å². The van der Waals surface area contributed by atoms with Crippen LogP contribution in [-0.2, 0) is 70.7 Å². The predicted octanol–water partition coefficient (Wildman–Crippen LogP) is 16.2. The molecular formula is C88H161O25P. The van der Waals surface area contributed by atoms with Crippen molar-refractivity contribution in [2.45, 2.75) is 485 Å². The molecule has 1 saturated carbocycles. The molecule has 0 aromatic heterocycles. The van der Waals surface area contributed by atoms with E-state index in [2.05, 4.69) is 52.0 Å². The number of aliphatic hydroxyl groups excluding tert-OH is 9. The lowest BCUT2D eigenvalue weighted by Gasteiger charge is -2.50. The molecule has 0 aromatic rings. The zero-order valence-electron chi connectivity index (χ0n) is 70.9. The van der Waals surface area contributed by atoms with Crippen LogP contribution in [-0.4, -0.2) is 205 Å². The van der Waals surface area contributed by atoms with Crippen LogP contribution in [0.1, 0.15) is 381 Å². The number of ether oxygens (including phenoxy) is 8. The first-order chi connectivity index (χ1) is 55.2. The molecule has 2 heterocycles. The minimum absolute atomic E-state index is 0.00727. The molecule has 2 aliphatic heterocycles. The number of phosphoric acid groups is 1. The van der Waals surface area contributed by atoms with E-state index >= 15 is 0 Å². The molecule has 1 aliphatic carbocycles. The number of phosphoric ester groups is 1. The van der Waals surface area contributed by atoms with Crippen molar-refractivity contribution in [3.8, 4) is 0 Å². The maximum absolute atomic E-state index is 14.9. The third-order valence-electron chi connectivity index (χ3n) is 22.2. The average molecular weight is 1650 g/mol. The van der Waals surface area contributed by atoms with Gasteiger partial charge in [-0.25, -0.2) is 4.57 Å². The van der Waals surface area contributed by atoms with Crippen LogP contribution in [0.15, 0.2) is 24.3 Å². The predicted molar refractivity (Wildman–Crippen MR) is 439 cm³/mol. The maximum atomic E-state index is 14.9. The molecule has 10 N–H and O–H groups in total. The van der Waals surface area contributed by atoms with Gasteiger partial charge in [-0.3, -0.25) is 28.2 Å². The summed E-state index contributed by atoms with van der Waals surface area (Å²) in [6.45, 7) is 5.55. The lowest BCUT2D eigenvalue weighted by Crippen LogP contribution is -2.70. The zero-order valence-corrected chi connectivity index (χ0v) is 71.8. The van der Waals surface area contributed by atoms with Gasteiger partial charge >= 0.3 is 31.7 Å². The van der Waals surface area contributed by atoms with Gasteiger partial charge in [0.2, 0.25) is 0 Å². The maximum Gasteiger partial charge on any atom is 0.472 e. The monoisotopic (exact) mass is 1650 g/mol. The van der Waals surface area contributed by atoms with Crippen molar-refractivity contribution in [2.75, 3.05) is 26.4 Å². The third-order valence-corrected chi connectivity index (χ3v) is 23.2. The van der Waals surface area contributed by atoms with E-state index in [1.807, 2.05) is 0 Å². The molecule has 25 nitrogen and oxygen atoms in total. The Balaban J connectivity index is 1.93. The summed E-state index contributed by atoms with van der Waals surface area (Å²) >= 11 is 0. The van der Waals surface area contributed by atoms with Gasteiger partial charge in [0.25, 0.3) is 0 Å². The van der Waals surface area contributed by atoms with Crippen molar-refractivity contribution < 1.29 is 122 Å². The lowest BCUT2D eigenvalue weighted by molar-refractivity contribution is -0.360. The van der Waals surface area contributed by atoms with Crippen LogP contribution in [0.2, 0.25) is 0 Å². The largest absolute Gasteiger partial charge is 0.472 e. The van der Waals surface area contributed by atoms with Crippen molar-refractivity contribution in [1.29, 1.82) is 0 Å². The summed E-state index contributed by atoms with van der Waals surface area (Å²) in [5, 5.41) is 102. The van der Waals surface area contributed by atoms with Crippen molar-refractivity contribution in [3.05, 3.63) is 24.3 Å². The number of unbranched alkanes of at least 4 members (excludes halogenated alkanes) is 45. The van der Waals surface area contributed by atoms with Gasteiger partial charge in [0, 0.05) is 25.7 Å². The topological polar surface area (TPSA) is 380 Å². The molecule has 3 rings (SSSR count). The normalized spacial score (nSPS) is 25.5. The minimum atomic E-state index is -5.81. The third kappa shape index (κ3) is 47.8. The Hall–Kier alpha value is -3.05. The minimum Gasteiger partial charge on any atom is -0.463 e. The highest BCUT2D eigenvalue weighted by Gasteiger charge is 2.60. The van der Waals surface area contributed by atoms with E-state index in [-0.39, 0.29) is 32.1 Å². The fourth-order valence-corrected chi connectivity index (χ4v) is 15.9. The van der Waals surface area contributed by atoms with Gasteiger partial charge in [0.05, 0.1) is 13.2 Å². The summed E-state index contributed by atoms with van der Waals surface area (Å²) in [6.07, 6.45) is 26.3. The average Bonchev–Trinajstić information content (AvgIpc) is 0.755. The molecule has 2 saturated heterocycles. The van der Waals surface area contributed by atoms with Crippen LogP contribution in [0.25, 0.3) is 0 Å². The Kier molecular flexibility index (Phi) is 62.3. The first-order valence-electron chi connectivity index (χ1n) is 45.6. The molecule has 0 amide bonds. The van der Waals surface area contributed by atoms with Crippen molar-refractivity contribution in [3.63, 3.8) is 0 Å². The number of esters is 4. The lowest BCUT2D eigenvalue weighted by atomic mass is 9.84. The molecule has 0 spiro atoms. The Morgan fingerprint density at radius 3 is 1.05 bits per heavy atom. The Bertz CT molecular complexity index is 2480. The van der Waals surface area contributed by atoms with Crippen LogP contribution >= 0.6 is 7.82 Å². The highest BCUT2D eigenvalue weighted by atomic mass is 31.2. The van der Waals surface area contributed by atoms with E-state index in [4.69, 9.17) is 46.9 Å². The molecule has 668 valence electrons.